The predicted molar refractivity (Wildman–Crippen MR) is 269 cm³/mol. The summed E-state index contributed by atoms with van der Waals surface area (Å²) in [5, 5.41) is 6.59. The standard InChI is InChI=1S/C53H64ClF3N8O8/c1-31(36-23-37(50(69)73-52(3,4)5)25-38(24-36)53(55,56)57)58-48-41-27-40(45(71-6)28-43(41)59-32(2)60-48)34-7-9-35(10-8-34)49(68)64-21-19-62(20-22-64)29-33-13-16-63(17-14-33)47(67)30-72-39-11-12-42(54)44(26-39)65-18-15-46(66)61-51(65)70/h11-12,23-28,31,33-35H,7-10,13-22,29-30H2,1-6H3,(H,58,59,60)(H,61,66,70)/t31-,34?,35?/m1/s1. The molecule has 3 aliphatic heterocycles. The van der Waals surface area contributed by atoms with Gasteiger partial charge in [0, 0.05) is 82.2 Å². The number of carbonyl (C=O) groups is 5. The second-order valence-electron chi connectivity index (χ2n) is 20.6. The van der Waals surface area contributed by atoms with E-state index in [1.54, 1.807) is 59.9 Å². The fourth-order valence-electron chi connectivity index (χ4n) is 10.3. The number of amides is 5. The summed E-state index contributed by atoms with van der Waals surface area (Å²) in [7, 11) is 1.61. The maximum Gasteiger partial charge on any atom is 0.416 e. The molecule has 1 atom stereocenters. The van der Waals surface area contributed by atoms with Crippen molar-refractivity contribution in [2.75, 3.05) is 76.3 Å². The van der Waals surface area contributed by atoms with Gasteiger partial charge in [-0.3, -0.25) is 29.5 Å². The maximum absolute atomic E-state index is 14.1. The number of alkyl halides is 3. The number of aromatic nitrogens is 2. The van der Waals surface area contributed by atoms with E-state index in [1.807, 2.05) is 21.9 Å². The number of halogens is 4. The Morgan fingerprint density at radius 2 is 1.59 bits per heavy atom. The molecule has 3 aromatic carbocycles. The number of methoxy groups -OCH3 is 1. The largest absolute Gasteiger partial charge is 0.496 e. The Kier molecular flexibility index (Phi) is 16.1. The van der Waals surface area contributed by atoms with E-state index in [4.69, 9.17) is 25.8 Å². The molecule has 392 valence electrons. The van der Waals surface area contributed by atoms with Gasteiger partial charge in [0.2, 0.25) is 11.8 Å². The molecule has 0 bridgehead atoms. The minimum Gasteiger partial charge on any atom is -0.496 e. The fourth-order valence-corrected chi connectivity index (χ4v) is 10.5. The van der Waals surface area contributed by atoms with Gasteiger partial charge >= 0.3 is 18.2 Å². The second kappa shape index (κ2) is 22.1. The first-order chi connectivity index (χ1) is 34.6. The average molecular weight is 1030 g/mol. The van der Waals surface area contributed by atoms with Crippen LogP contribution in [0.1, 0.15) is 117 Å². The number of esters is 1. The van der Waals surface area contributed by atoms with Gasteiger partial charge in [-0.05, 0) is 133 Å². The number of urea groups is 1. The first-order valence-corrected chi connectivity index (χ1v) is 25.4. The second-order valence-corrected chi connectivity index (χ2v) is 21.0. The van der Waals surface area contributed by atoms with E-state index >= 15 is 0 Å². The van der Waals surface area contributed by atoms with Crippen molar-refractivity contribution < 1.29 is 51.4 Å². The number of nitrogens with one attached hydrogen (secondary N) is 2. The normalized spacial score (nSPS) is 19.9. The Morgan fingerprint density at radius 3 is 2.25 bits per heavy atom. The highest BCUT2D eigenvalue weighted by molar-refractivity contribution is 6.34. The summed E-state index contributed by atoms with van der Waals surface area (Å²) in [6, 6.07) is 10.7. The molecular weight excluding hydrogens is 969 g/mol. The van der Waals surface area contributed by atoms with Crippen LogP contribution in [0.4, 0.5) is 29.5 Å². The van der Waals surface area contributed by atoms with Crippen molar-refractivity contribution in [3.63, 3.8) is 0 Å². The molecule has 1 saturated carbocycles. The van der Waals surface area contributed by atoms with Gasteiger partial charge in [0.05, 0.1) is 40.5 Å². The zero-order chi connectivity index (χ0) is 52.4. The number of nitrogens with zero attached hydrogens (tertiary/aromatic N) is 6. The minimum atomic E-state index is -4.70. The molecule has 0 radical (unpaired) electrons. The summed E-state index contributed by atoms with van der Waals surface area (Å²) < 4.78 is 59.5. The number of piperazine rings is 1. The van der Waals surface area contributed by atoms with Gasteiger partial charge in [-0.15, -0.1) is 0 Å². The van der Waals surface area contributed by atoms with E-state index in [9.17, 15) is 37.1 Å². The number of rotatable bonds is 13. The molecule has 8 rings (SSSR count). The number of imide groups is 1. The van der Waals surface area contributed by atoms with Crippen molar-refractivity contribution in [3.8, 4) is 11.5 Å². The smallest absolute Gasteiger partial charge is 0.416 e. The van der Waals surface area contributed by atoms with E-state index in [0.29, 0.717) is 76.9 Å². The fraction of sp³-hybridized carbons (Fsp3) is 0.528. The Balaban J connectivity index is 0.817. The number of anilines is 2. The maximum atomic E-state index is 14.1. The molecule has 0 unspecified atom stereocenters. The monoisotopic (exact) mass is 1030 g/mol. The zero-order valence-electron chi connectivity index (χ0n) is 42.2. The van der Waals surface area contributed by atoms with Crippen LogP contribution in [0.2, 0.25) is 5.02 Å². The van der Waals surface area contributed by atoms with Crippen LogP contribution in [-0.4, -0.2) is 126 Å². The Bertz CT molecular complexity index is 2730. The van der Waals surface area contributed by atoms with Crippen molar-refractivity contribution in [1.29, 1.82) is 0 Å². The lowest BCUT2D eigenvalue weighted by Gasteiger charge is -2.40. The third-order valence-corrected chi connectivity index (χ3v) is 14.6. The van der Waals surface area contributed by atoms with Crippen molar-refractivity contribution in [1.82, 2.24) is 30.0 Å². The summed E-state index contributed by atoms with van der Waals surface area (Å²) in [6.07, 6.45) is 0.155. The van der Waals surface area contributed by atoms with Gasteiger partial charge in [-0.1, -0.05) is 11.6 Å². The molecule has 3 saturated heterocycles. The topological polar surface area (TPSA) is 176 Å². The molecule has 16 nitrogen and oxygen atoms in total. The summed E-state index contributed by atoms with van der Waals surface area (Å²) in [5.41, 5.74) is 0.122. The van der Waals surface area contributed by atoms with Crippen LogP contribution in [0.15, 0.2) is 48.5 Å². The molecule has 2 N–H and O–H groups in total. The number of piperidine rings is 1. The van der Waals surface area contributed by atoms with E-state index in [-0.39, 0.29) is 60.3 Å². The number of likely N-dealkylation sites (tertiary alicyclic amines) is 1. The van der Waals surface area contributed by atoms with Crippen LogP contribution in [-0.2, 0) is 25.3 Å². The van der Waals surface area contributed by atoms with Crippen LogP contribution >= 0.6 is 11.6 Å². The van der Waals surface area contributed by atoms with Gasteiger partial charge in [-0.2, -0.15) is 13.2 Å². The molecule has 4 fully saturated rings. The highest BCUT2D eigenvalue weighted by Crippen LogP contribution is 2.43. The van der Waals surface area contributed by atoms with Gasteiger partial charge in [-0.25, -0.2) is 19.6 Å². The third kappa shape index (κ3) is 12.9. The van der Waals surface area contributed by atoms with Crippen molar-refractivity contribution in [2.45, 2.75) is 103 Å². The number of benzene rings is 3. The molecule has 4 aliphatic rings. The van der Waals surface area contributed by atoms with Crippen molar-refractivity contribution in [3.05, 3.63) is 81.6 Å². The molecule has 73 heavy (non-hydrogen) atoms. The van der Waals surface area contributed by atoms with Crippen LogP contribution < -0.4 is 25.0 Å². The van der Waals surface area contributed by atoms with Gasteiger partial charge in [0.25, 0.3) is 5.91 Å². The zero-order valence-corrected chi connectivity index (χ0v) is 43.0. The quantitative estimate of drug-likeness (QED) is 0.122. The number of carbonyl (C=O) groups excluding carboxylic acids is 5. The van der Waals surface area contributed by atoms with Gasteiger partial charge < -0.3 is 29.3 Å². The van der Waals surface area contributed by atoms with Crippen molar-refractivity contribution >= 4 is 63.7 Å². The first-order valence-electron chi connectivity index (χ1n) is 25.0. The molecule has 20 heteroatoms. The first kappa shape index (κ1) is 53.1. The number of aryl methyl sites for hydroxylation is 1. The van der Waals surface area contributed by atoms with E-state index < -0.39 is 35.4 Å². The molecule has 0 spiro atoms. The van der Waals surface area contributed by atoms with Crippen molar-refractivity contribution in [2.24, 2.45) is 11.8 Å². The Morgan fingerprint density at radius 1 is 0.877 bits per heavy atom. The SMILES string of the molecule is COc1cc2nc(C)nc(N[C@H](C)c3cc(C(=O)OC(C)(C)C)cc(C(F)(F)F)c3)c2cc1C1CCC(C(=O)N2CCN(CC3CCN(C(=O)COc4ccc(Cl)c(N5CCC(=O)NC5=O)c4)CC3)CC2)CC1. The van der Waals surface area contributed by atoms with Crippen LogP contribution in [0, 0.1) is 18.8 Å². The lowest BCUT2D eigenvalue weighted by atomic mass is 9.77. The molecule has 4 heterocycles. The highest BCUT2D eigenvalue weighted by Gasteiger charge is 2.36. The van der Waals surface area contributed by atoms with Gasteiger partial charge in [0.15, 0.2) is 6.61 Å². The molecule has 1 aliphatic carbocycles. The predicted octanol–water partition coefficient (Wildman–Crippen LogP) is 8.93. The van der Waals surface area contributed by atoms with E-state index in [1.165, 1.54) is 11.0 Å². The van der Waals surface area contributed by atoms with Gasteiger partial charge in [0.1, 0.15) is 28.7 Å². The molecule has 5 amide bonds. The number of hydrogen-bond acceptors (Lipinski definition) is 12. The highest BCUT2D eigenvalue weighted by atomic mass is 35.5. The molecular formula is C53H64ClF3N8O8. The summed E-state index contributed by atoms with van der Waals surface area (Å²) in [4.78, 5) is 81.0. The lowest BCUT2D eigenvalue weighted by Crippen LogP contribution is -2.52. The summed E-state index contributed by atoms with van der Waals surface area (Å²) >= 11 is 6.36. The lowest BCUT2D eigenvalue weighted by molar-refractivity contribution is -0.139. The number of ether oxygens (including phenoxy) is 3. The average Bonchev–Trinajstić information content (AvgIpc) is 3.35. The summed E-state index contributed by atoms with van der Waals surface area (Å²) in [5.74, 6) is 1.23. The van der Waals surface area contributed by atoms with Crippen LogP contribution in [0.25, 0.3) is 10.9 Å². The number of hydrogen-bond donors (Lipinski definition) is 2. The Hall–Kier alpha value is -6.21. The van der Waals surface area contributed by atoms with E-state index in [0.717, 1.165) is 75.9 Å². The molecule has 1 aromatic heterocycles. The van der Waals surface area contributed by atoms with Crippen LogP contribution in [0.5, 0.6) is 11.5 Å². The number of fused-ring (bicyclic) bond motifs is 1. The van der Waals surface area contributed by atoms with E-state index in [2.05, 4.69) is 25.5 Å². The Labute approximate surface area is 428 Å². The summed E-state index contributed by atoms with van der Waals surface area (Å²) in [6.45, 7) is 13.5. The molecule has 4 aromatic rings. The van der Waals surface area contributed by atoms with Crippen LogP contribution in [0.3, 0.4) is 0 Å². The minimum absolute atomic E-state index is 0.0860. The third-order valence-electron chi connectivity index (χ3n) is 14.2.